The smallest absolute Gasteiger partial charge is 0.325 e. The van der Waals surface area contributed by atoms with Crippen LogP contribution in [0.5, 0.6) is 0 Å². The topological polar surface area (TPSA) is 130 Å². The Morgan fingerprint density at radius 2 is 2.08 bits per heavy atom. The highest BCUT2D eigenvalue weighted by Crippen LogP contribution is 2.01. The number of fused-ring (bicyclic) bond motifs is 1. The van der Waals surface area contributed by atoms with E-state index in [1.54, 1.807) is 0 Å². The predicted octanol–water partition coefficient (Wildman–Crippen LogP) is -1.77. The summed E-state index contributed by atoms with van der Waals surface area (Å²) in [5.41, 5.74) is 3.65. The normalized spacial score (nSPS) is 10.8. The fourth-order valence-corrected chi connectivity index (χ4v) is 1.01. The Morgan fingerprint density at radius 1 is 1.38 bits per heavy atom. The van der Waals surface area contributed by atoms with E-state index in [1.807, 2.05) is 0 Å². The molecule has 0 spiro atoms. The van der Waals surface area contributed by atoms with Gasteiger partial charge in [0.05, 0.1) is 0 Å². The standard InChI is InChI=1S/C5H5N5O3/c6-4-9-3(11)1-2(10(4)13)8-5(12)7-1/h13H,(H2,6,9,11)(H2,7,8,12). The highest BCUT2D eigenvalue weighted by atomic mass is 16.5. The molecule has 0 saturated heterocycles. The lowest BCUT2D eigenvalue weighted by Gasteiger charge is -1.99. The zero-order chi connectivity index (χ0) is 9.59. The quantitative estimate of drug-likeness (QED) is 0.359. The zero-order valence-corrected chi connectivity index (χ0v) is 6.24. The number of hydrogen-bond donors (Lipinski definition) is 4. The third-order valence-electron chi connectivity index (χ3n) is 1.57. The summed E-state index contributed by atoms with van der Waals surface area (Å²) in [4.78, 5) is 29.4. The van der Waals surface area contributed by atoms with Gasteiger partial charge in [0.2, 0.25) is 5.95 Å². The molecule has 0 atom stereocenters. The van der Waals surface area contributed by atoms with Crippen molar-refractivity contribution in [3.8, 4) is 0 Å². The van der Waals surface area contributed by atoms with Gasteiger partial charge in [0, 0.05) is 0 Å². The summed E-state index contributed by atoms with van der Waals surface area (Å²) in [6, 6.07) is 0. The number of hydrogen-bond acceptors (Lipinski definition) is 5. The minimum absolute atomic E-state index is 0.0949. The molecule has 0 aliphatic rings. The second kappa shape index (κ2) is 2.12. The van der Waals surface area contributed by atoms with Crippen LogP contribution in [0.1, 0.15) is 0 Å². The maximum absolute atomic E-state index is 11.1. The van der Waals surface area contributed by atoms with Crippen molar-refractivity contribution in [1.82, 2.24) is 19.7 Å². The van der Waals surface area contributed by atoms with Gasteiger partial charge in [-0.2, -0.15) is 4.98 Å². The molecule has 13 heavy (non-hydrogen) atoms. The molecule has 0 fully saturated rings. The Balaban J connectivity index is 3.13. The number of imidazole rings is 1. The molecule has 2 aromatic rings. The first kappa shape index (κ1) is 7.40. The summed E-state index contributed by atoms with van der Waals surface area (Å²) in [5, 5.41) is 9.20. The number of nitrogens with one attached hydrogen (secondary N) is 2. The van der Waals surface area contributed by atoms with E-state index in [1.165, 1.54) is 0 Å². The lowest BCUT2D eigenvalue weighted by atomic mass is 10.5. The molecule has 0 aliphatic carbocycles. The van der Waals surface area contributed by atoms with Crippen molar-refractivity contribution >= 4 is 17.1 Å². The number of aromatic nitrogens is 4. The summed E-state index contributed by atoms with van der Waals surface area (Å²) in [6.07, 6.45) is 0. The highest BCUT2D eigenvalue weighted by Gasteiger charge is 2.09. The molecule has 8 heteroatoms. The molecule has 2 rings (SSSR count). The molecular formula is C5H5N5O3. The predicted molar refractivity (Wildman–Crippen MR) is 42.6 cm³/mol. The van der Waals surface area contributed by atoms with Gasteiger partial charge >= 0.3 is 11.2 Å². The van der Waals surface area contributed by atoms with E-state index in [9.17, 15) is 14.8 Å². The van der Waals surface area contributed by atoms with Crippen LogP contribution in [-0.4, -0.2) is 24.9 Å². The SMILES string of the molecule is Nc1nc(=O)c2[nH]c(=O)[nH]c2n1O. The second-order valence-electron chi connectivity index (χ2n) is 2.39. The summed E-state index contributed by atoms with van der Waals surface area (Å²) in [7, 11) is 0. The van der Waals surface area contributed by atoms with Gasteiger partial charge in [-0.3, -0.25) is 14.8 Å². The van der Waals surface area contributed by atoms with Crippen molar-refractivity contribution in [2.24, 2.45) is 0 Å². The number of rotatable bonds is 0. The van der Waals surface area contributed by atoms with Crippen LogP contribution in [-0.2, 0) is 0 Å². The largest absolute Gasteiger partial charge is 0.423 e. The molecule has 68 valence electrons. The van der Waals surface area contributed by atoms with Crippen LogP contribution in [0, 0.1) is 0 Å². The average molecular weight is 183 g/mol. The molecule has 0 aliphatic heterocycles. The van der Waals surface area contributed by atoms with Gasteiger partial charge < -0.3 is 10.9 Å². The van der Waals surface area contributed by atoms with Gasteiger partial charge in [-0.15, -0.1) is 4.73 Å². The van der Waals surface area contributed by atoms with E-state index in [0.717, 1.165) is 0 Å². The Kier molecular flexibility index (Phi) is 1.21. The molecule has 0 bridgehead atoms. The first-order valence-electron chi connectivity index (χ1n) is 3.29. The van der Waals surface area contributed by atoms with Gasteiger partial charge in [-0.1, -0.05) is 0 Å². The Morgan fingerprint density at radius 3 is 2.77 bits per heavy atom. The van der Waals surface area contributed by atoms with E-state index in [4.69, 9.17) is 5.73 Å². The molecule has 0 radical (unpaired) electrons. The van der Waals surface area contributed by atoms with Crippen molar-refractivity contribution in [2.75, 3.05) is 5.73 Å². The first-order chi connectivity index (χ1) is 6.09. The van der Waals surface area contributed by atoms with E-state index in [0.29, 0.717) is 4.73 Å². The van der Waals surface area contributed by atoms with E-state index in [2.05, 4.69) is 15.0 Å². The minimum Gasteiger partial charge on any atom is -0.423 e. The minimum atomic E-state index is -0.698. The molecule has 8 nitrogen and oxygen atoms in total. The summed E-state index contributed by atoms with van der Waals surface area (Å²) < 4.78 is 0.425. The molecular weight excluding hydrogens is 178 g/mol. The Bertz CT molecular complexity index is 576. The van der Waals surface area contributed by atoms with Crippen LogP contribution in [0.15, 0.2) is 9.59 Å². The van der Waals surface area contributed by atoms with Gasteiger partial charge in [0.1, 0.15) is 0 Å². The fourth-order valence-electron chi connectivity index (χ4n) is 1.01. The number of anilines is 1. The van der Waals surface area contributed by atoms with Crippen LogP contribution in [0.25, 0.3) is 11.2 Å². The summed E-state index contributed by atoms with van der Waals surface area (Å²) in [5.74, 6) is -0.382. The number of nitrogen functional groups attached to an aromatic ring is 1. The van der Waals surface area contributed by atoms with Crippen LogP contribution >= 0.6 is 0 Å². The maximum Gasteiger partial charge on any atom is 0.325 e. The fraction of sp³-hybridized carbons (Fsp3) is 0. The lowest BCUT2D eigenvalue weighted by molar-refractivity contribution is 0.199. The number of H-pyrrole nitrogens is 2. The van der Waals surface area contributed by atoms with Crippen LogP contribution in [0.2, 0.25) is 0 Å². The van der Waals surface area contributed by atoms with Gasteiger partial charge in [0.25, 0.3) is 0 Å². The monoisotopic (exact) mass is 183 g/mol. The summed E-state index contributed by atoms with van der Waals surface area (Å²) >= 11 is 0. The highest BCUT2D eigenvalue weighted by molar-refractivity contribution is 5.69. The van der Waals surface area contributed by atoms with Crippen molar-refractivity contribution in [3.05, 3.63) is 20.8 Å². The molecule has 0 unspecified atom stereocenters. The number of nitrogens with zero attached hydrogens (tertiary/aromatic N) is 2. The van der Waals surface area contributed by atoms with Crippen LogP contribution in [0.3, 0.4) is 0 Å². The van der Waals surface area contributed by atoms with E-state index < -0.39 is 11.2 Å². The van der Waals surface area contributed by atoms with Crippen molar-refractivity contribution < 1.29 is 5.21 Å². The summed E-state index contributed by atoms with van der Waals surface area (Å²) in [6.45, 7) is 0. The maximum atomic E-state index is 11.1. The third kappa shape index (κ3) is 0.883. The molecule has 0 saturated carbocycles. The third-order valence-corrected chi connectivity index (χ3v) is 1.57. The lowest BCUT2D eigenvalue weighted by Crippen LogP contribution is -2.16. The molecule has 0 aromatic carbocycles. The van der Waals surface area contributed by atoms with Crippen molar-refractivity contribution in [3.63, 3.8) is 0 Å². The first-order valence-corrected chi connectivity index (χ1v) is 3.29. The second-order valence-corrected chi connectivity index (χ2v) is 2.39. The van der Waals surface area contributed by atoms with Crippen molar-refractivity contribution in [2.45, 2.75) is 0 Å². The van der Waals surface area contributed by atoms with Gasteiger partial charge in [0.15, 0.2) is 11.2 Å². The van der Waals surface area contributed by atoms with Crippen molar-refractivity contribution in [1.29, 1.82) is 0 Å². The molecule has 2 heterocycles. The van der Waals surface area contributed by atoms with E-state index in [-0.39, 0.29) is 17.1 Å². The van der Waals surface area contributed by atoms with Gasteiger partial charge in [-0.25, -0.2) is 4.79 Å². The molecule has 5 N–H and O–H groups in total. The van der Waals surface area contributed by atoms with E-state index >= 15 is 0 Å². The Labute approximate surface area is 69.6 Å². The number of nitrogens with two attached hydrogens (primary N) is 1. The van der Waals surface area contributed by atoms with Crippen LogP contribution < -0.4 is 17.0 Å². The van der Waals surface area contributed by atoms with Gasteiger partial charge in [-0.05, 0) is 0 Å². The molecule has 0 amide bonds. The molecule has 2 aromatic heterocycles. The Hall–Kier alpha value is -2.25. The number of aromatic amines is 2. The average Bonchev–Trinajstić information content (AvgIpc) is 2.44. The zero-order valence-electron chi connectivity index (χ0n) is 6.24. The van der Waals surface area contributed by atoms with Crippen LogP contribution in [0.4, 0.5) is 5.95 Å².